The van der Waals surface area contributed by atoms with Crippen molar-refractivity contribution in [2.75, 3.05) is 37.6 Å². The molecule has 0 N–H and O–H groups in total. The summed E-state index contributed by atoms with van der Waals surface area (Å²) in [5, 5.41) is 0.480. The molecule has 1 aromatic carbocycles. The van der Waals surface area contributed by atoms with E-state index in [9.17, 15) is 4.39 Å². The number of piperazine rings is 1. The summed E-state index contributed by atoms with van der Waals surface area (Å²) in [5.74, 6) is -0.341. The average Bonchev–Trinajstić information content (AvgIpc) is 3.29. The molecular formula is C25H25ClFN5. The van der Waals surface area contributed by atoms with E-state index in [4.69, 9.17) is 16.6 Å². The molecule has 3 aromatic rings. The zero-order chi connectivity index (χ0) is 22.2. The van der Waals surface area contributed by atoms with Crippen molar-refractivity contribution in [3.8, 4) is 0 Å². The van der Waals surface area contributed by atoms with Crippen LogP contribution in [-0.2, 0) is 0 Å². The van der Waals surface area contributed by atoms with Crippen molar-refractivity contribution in [2.45, 2.75) is 19.9 Å². The Morgan fingerprint density at radius 3 is 2.59 bits per heavy atom. The standard InChI is InChI=1S/C25H25ClFN5/c1-16(2)31-9-11-32(12-10-31)18-14-24-23(29-15-18)6-5-22(30-24)19-7-8-28-25(19)20-13-17(26)3-4-21(20)27/h3-7,13-16H,8-12H2,1-2H3. The Hall–Kier alpha value is -2.83. The average molecular weight is 450 g/mol. The van der Waals surface area contributed by atoms with E-state index in [1.165, 1.54) is 6.07 Å². The molecule has 7 heteroatoms. The molecular weight excluding hydrogens is 425 g/mol. The number of aliphatic imine (C=N–C) groups is 1. The van der Waals surface area contributed by atoms with Gasteiger partial charge in [-0.3, -0.25) is 14.9 Å². The zero-order valence-corrected chi connectivity index (χ0v) is 19.0. The molecule has 0 bridgehead atoms. The van der Waals surface area contributed by atoms with Crippen LogP contribution in [0.1, 0.15) is 25.1 Å². The van der Waals surface area contributed by atoms with Crippen molar-refractivity contribution >= 4 is 39.6 Å². The molecule has 4 heterocycles. The van der Waals surface area contributed by atoms with Gasteiger partial charge in [0.05, 0.1) is 40.9 Å². The highest BCUT2D eigenvalue weighted by Crippen LogP contribution is 2.28. The predicted octanol–water partition coefficient (Wildman–Crippen LogP) is 4.84. The normalized spacial score (nSPS) is 17.2. The van der Waals surface area contributed by atoms with Crippen molar-refractivity contribution in [3.05, 3.63) is 70.8 Å². The van der Waals surface area contributed by atoms with E-state index in [0.29, 0.717) is 28.9 Å². The van der Waals surface area contributed by atoms with Crippen LogP contribution in [0, 0.1) is 5.82 Å². The molecule has 0 atom stereocenters. The second-order valence-electron chi connectivity index (χ2n) is 8.48. The number of aromatic nitrogens is 2. The maximum atomic E-state index is 14.5. The van der Waals surface area contributed by atoms with E-state index < -0.39 is 0 Å². The fraction of sp³-hybridized carbons (Fsp3) is 0.320. The number of nitrogens with zero attached hydrogens (tertiary/aromatic N) is 5. The maximum absolute atomic E-state index is 14.5. The topological polar surface area (TPSA) is 44.6 Å². The van der Waals surface area contributed by atoms with Crippen LogP contribution in [0.4, 0.5) is 10.1 Å². The Labute approximate surface area is 192 Å². The quantitative estimate of drug-likeness (QED) is 0.571. The minimum Gasteiger partial charge on any atom is -0.368 e. The first-order valence-corrected chi connectivity index (χ1v) is 11.3. The van der Waals surface area contributed by atoms with Crippen molar-refractivity contribution < 1.29 is 4.39 Å². The summed E-state index contributed by atoms with van der Waals surface area (Å²) in [4.78, 5) is 18.9. The summed E-state index contributed by atoms with van der Waals surface area (Å²) in [6.07, 6.45) is 3.91. The third kappa shape index (κ3) is 4.00. The van der Waals surface area contributed by atoms with Crippen LogP contribution in [0.25, 0.3) is 16.6 Å². The lowest BCUT2D eigenvalue weighted by Gasteiger charge is -2.38. The van der Waals surface area contributed by atoms with Gasteiger partial charge in [-0.25, -0.2) is 9.37 Å². The van der Waals surface area contributed by atoms with E-state index in [1.54, 1.807) is 12.1 Å². The third-order valence-electron chi connectivity index (χ3n) is 6.19. The Kier molecular flexibility index (Phi) is 5.66. The van der Waals surface area contributed by atoms with Crippen molar-refractivity contribution in [1.82, 2.24) is 14.9 Å². The Morgan fingerprint density at radius 1 is 1.00 bits per heavy atom. The second kappa shape index (κ2) is 8.60. The molecule has 1 fully saturated rings. The first-order valence-electron chi connectivity index (χ1n) is 11.0. The number of halogens is 2. The first-order chi connectivity index (χ1) is 15.5. The molecule has 164 valence electrons. The molecule has 2 aliphatic rings. The van der Waals surface area contributed by atoms with E-state index >= 15 is 0 Å². The van der Waals surface area contributed by atoms with E-state index in [0.717, 1.165) is 54.2 Å². The molecule has 0 unspecified atom stereocenters. The monoisotopic (exact) mass is 449 g/mol. The van der Waals surface area contributed by atoms with Gasteiger partial charge in [0.2, 0.25) is 0 Å². The van der Waals surface area contributed by atoms with Crippen molar-refractivity contribution in [2.24, 2.45) is 4.99 Å². The lowest BCUT2D eigenvalue weighted by molar-refractivity contribution is 0.209. The molecule has 2 aliphatic heterocycles. The van der Waals surface area contributed by atoms with Gasteiger partial charge < -0.3 is 4.90 Å². The lowest BCUT2D eigenvalue weighted by Crippen LogP contribution is -2.48. The number of benzene rings is 1. The summed E-state index contributed by atoms with van der Waals surface area (Å²) in [5.41, 5.74) is 5.32. The summed E-state index contributed by atoms with van der Waals surface area (Å²) in [7, 11) is 0. The molecule has 1 saturated heterocycles. The van der Waals surface area contributed by atoms with Gasteiger partial charge in [-0.05, 0) is 50.2 Å². The number of fused-ring (bicyclic) bond motifs is 1. The fourth-order valence-corrected chi connectivity index (χ4v) is 4.53. The number of anilines is 1. The number of rotatable bonds is 4. The maximum Gasteiger partial charge on any atom is 0.132 e. The Morgan fingerprint density at radius 2 is 1.81 bits per heavy atom. The number of allylic oxidation sites excluding steroid dienone is 1. The van der Waals surface area contributed by atoms with Crippen LogP contribution < -0.4 is 4.90 Å². The molecule has 5 rings (SSSR count). The highest BCUT2D eigenvalue weighted by Gasteiger charge is 2.22. The molecule has 0 saturated carbocycles. The van der Waals surface area contributed by atoms with Gasteiger partial charge in [0.25, 0.3) is 0 Å². The van der Waals surface area contributed by atoms with Crippen LogP contribution >= 0.6 is 11.6 Å². The van der Waals surface area contributed by atoms with Gasteiger partial charge in [-0.1, -0.05) is 17.7 Å². The summed E-state index contributed by atoms with van der Waals surface area (Å²) in [6, 6.07) is 11.1. The van der Waals surface area contributed by atoms with Crippen molar-refractivity contribution in [1.29, 1.82) is 0 Å². The summed E-state index contributed by atoms with van der Waals surface area (Å²) in [6.45, 7) is 9.01. The first kappa shape index (κ1) is 21.0. The summed E-state index contributed by atoms with van der Waals surface area (Å²) >= 11 is 6.11. The second-order valence-corrected chi connectivity index (χ2v) is 8.91. The van der Waals surface area contributed by atoms with Gasteiger partial charge in [0, 0.05) is 48.4 Å². The van der Waals surface area contributed by atoms with Crippen LogP contribution in [0.3, 0.4) is 0 Å². The minimum atomic E-state index is -0.341. The molecule has 0 amide bonds. The number of hydrogen-bond donors (Lipinski definition) is 0. The van der Waals surface area contributed by atoms with Crippen LogP contribution in [0.2, 0.25) is 5.02 Å². The van der Waals surface area contributed by atoms with Crippen molar-refractivity contribution in [3.63, 3.8) is 0 Å². The van der Waals surface area contributed by atoms with Gasteiger partial charge >= 0.3 is 0 Å². The molecule has 0 aliphatic carbocycles. The molecule has 0 radical (unpaired) electrons. The van der Waals surface area contributed by atoms with Gasteiger partial charge in [-0.2, -0.15) is 0 Å². The molecule has 2 aromatic heterocycles. The molecule has 32 heavy (non-hydrogen) atoms. The van der Waals surface area contributed by atoms with E-state index in [-0.39, 0.29) is 5.82 Å². The van der Waals surface area contributed by atoms with Crippen LogP contribution in [0.15, 0.2) is 53.7 Å². The number of pyridine rings is 2. The van der Waals surface area contributed by atoms with E-state index in [2.05, 4.69) is 39.7 Å². The lowest BCUT2D eigenvalue weighted by atomic mass is 9.99. The Bertz CT molecular complexity index is 1230. The van der Waals surface area contributed by atoms with Gasteiger partial charge in [0.1, 0.15) is 5.82 Å². The largest absolute Gasteiger partial charge is 0.368 e. The fourth-order valence-electron chi connectivity index (χ4n) is 4.36. The van der Waals surface area contributed by atoms with Crippen LogP contribution in [0.5, 0.6) is 0 Å². The predicted molar refractivity (Wildman–Crippen MR) is 129 cm³/mol. The third-order valence-corrected chi connectivity index (χ3v) is 6.43. The Balaban J connectivity index is 1.44. The van der Waals surface area contributed by atoms with Crippen LogP contribution in [-0.4, -0.2) is 59.3 Å². The van der Waals surface area contributed by atoms with E-state index in [1.807, 2.05) is 24.4 Å². The molecule has 0 spiro atoms. The SMILES string of the molecule is CC(C)N1CCN(c2cnc3ccc(C4=CCN=C4c4cc(Cl)ccc4F)nc3c2)CC1. The summed E-state index contributed by atoms with van der Waals surface area (Å²) < 4.78 is 14.5. The number of hydrogen-bond acceptors (Lipinski definition) is 5. The van der Waals surface area contributed by atoms with Gasteiger partial charge in [-0.15, -0.1) is 0 Å². The zero-order valence-electron chi connectivity index (χ0n) is 18.2. The highest BCUT2D eigenvalue weighted by molar-refractivity contribution is 6.35. The molecule has 5 nitrogen and oxygen atoms in total. The minimum absolute atomic E-state index is 0.341. The van der Waals surface area contributed by atoms with Gasteiger partial charge in [0.15, 0.2) is 0 Å². The smallest absolute Gasteiger partial charge is 0.132 e. The highest BCUT2D eigenvalue weighted by atomic mass is 35.5.